The van der Waals surface area contributed by atoms with Gasteiger partial charge in [-0.25, -0.2) is 14.4 Å². The molecular weight excluding hydrogens is 574 g/mol. The van der Waals surface area contributed by atoms with Crippen LogP contribution in [0.2, 0.25) is 0 Å². The van der Waals surface area contributed by atoms with Gasteiger partial charge in [0.05, 0.1) is 19.3 Å². The van der Waals surface area contributed by atoms with E-state index < -0.39 is 68.3 Å². The van der Waals surface area contributed by atoms with E-state index in [9.17, 15) is 37.5 Å². The van der Waals surface area contributed by atoms with E-state index >= 15 is 0 Å². The molecule has 0 radical (unpaired) electrons. The minimum atomic E-state index is -4.89. The Hall–Kier alpha value is -2.96. The minimum absolute atomic E-state index is 0.107. The smallest absolute Gasteiger partial charge is 0.413 e. The number of hydrogen-bond donors (Lipinski definition) is 4. The van der Waals surface area contributed by atoms with Crippen molar-refractivity contribution in [3.8, 4) is 17.6 Å². The molecule has 226 valence electrons. The number of hydrogen-bond acceptors (Lipinski definition) is 9. The maximum Gasteiger partial charge on any atom is 0.459 e. The topological polar surface area (TPSA) is 161 Å². The third kappa shape index (κ3) is 9.01. The number of alkyl halides is 3. The zero-order chi connectivity index (χ0) is 30.4. The standard InChI is InChI=1S/C25H31F3N3O9P/c1-16(2)37-14-17(3)30-41(36,40-18-8-5-4-6-9-18)38-15-19-24(35,11-7-12-25(26,27)28)21(33)22(39-19)31-13-10-20(32)29-23(31)34/h4-6,8-10,13,16-17,19,21-22,33,35H,11,14-15H2,1-3H3,(H,30,36)(H,29,32,34). The van der Waals surface area contributed by atoms with E-state index in [0.717, 1.165) is 22.8 Å². The number of H-pyrrole nitrogens is 1. The predicted molar refractivity (Wildman–Crippen MR) is 139 cm³/mol. The van der Waals surface area contributed by atoms with Crippen LogP contribution in [0.1, 0.15) is 33.4 Å². The average Bonchev–Trinajstić information content (AvgIpc) is 3.11. The second-order valence-corrected chi connectivity index (χ2v) is 11.2. The van der Waals surface area contributed by atoms with Crippen molar-refractivity contribution in [3.05, 3.63) is 63.4 Å². The highest BCUT2D eigenvalue weighted by Gasteiger charge is 2.56. The Morgan fingerprint density at radius 3 is 2.51 bits per heavy atom. The Labute approximate surface area is 233 Å². The Morgan fingerprint density at radius 1 is 1.22 bits per heavy atom. The molecule has 3 rings (SSSR count). The van der Waals surface area contributed by atoms with Crippen molar-refractivity contribution in [3.63, 3.8) is 0 Å². The molecule has 1 aliphatic heterocycles. The zero-order valence-corrected chi connectivity index (χ0v) is 23.2. The summed E-state index contributed by atoms with van der Waals surface area (Å²) in [6.45, 7) is 4.57. The lowest BCUT2D eigenvalue weighted by Gasteiger charge is -2.30. The number of aliphatic hydroxyl groups excluding tert-OH is 1. The fourth-order valence-corrected chi connectivity index (χ4v) is 5.38. The van der Waals surface area contributed by atoms with Crippen molar-refractivity contribution < 1.29 is 46.5 Å². The molecule has 1 saturated heterocycles. The summed E-state index contributed by atoms with van der Waals surface area (Å²) in [5.41, 5.74) is -4.32. The van der Waals surface area contributed by atoms with Gasteiger partial charge < -0.3 is 24.2 Å². The first-order valence-corrected chi connectivity index (χ1v) is 14.0. The number of aromatic amines is 1. The van der Waals surface area contributed by atoms with E-state index in [1.54, 1.807) is 44.9 Å². The van der Waals surface area contributed by atoms with Gasteiger partial charge in [0.25, 0.3) is 5.56 Å². The van der Waals surface area contributed by atoms with Crippen molar-refractivity contribution >= 4 is 7.75 Å². The summed E-state index contributed by atoms with van der Waals surface area (Å²) in [5.74, 6) is 2.92. The van der Waals surface area contributed by atoms with Gasteiger partial charge in [0, 0.05) is 30.6 Å². The number of aromatic nitrogens is 2. The van der Waals surface area contributed by atoms with Gasteiger partial charge >= 0.3 is 19.6 Å². The van der Waals surface area contributed by atoms with Crippen LogP contribution < -0.4 is 20.9 Å². The van der Waals surface area contributed by atoms with E-state index in [-0.39, 0.29) is 18.5 Å². The van der Waals surface area contributed by atoms with Crippen molar-refractivity contribution in [1.82, 2.24) is 14.6 Å². The molecule has 1 aliphatic rings. The highest BCUT2D eigenvalue weighted by Crippen LogP contribution is 2.47. The molecule has 1 aromatic heterocycles. The first-order valence-electron chi connectivity index (χ1n) is 12.4. The summed E-state index contributed by atoms with van der Waals surface area (Å²) in [6, 6.07) is 8.30. The fraction of sp³-hybridized carbons (Fsp3) is 0.520. The van der Waals surface area contributed by atoms with Crippen LogP contribution in [0.15, 0.2) is 52.2 Å². The molecule has 0 aliphatic carbocycles. The molecule has 41 heavy (non-hydrogen) atoms. The average molecular weight is 606 g/mol. The Balaban J connectivity index is 1.91. The van der Waals surface area contributed by atoms with Gasteiger partial charge in [-0.15, -0.1) is 0 Å². The highest BCUT2D eigenvalue weighted by atomic mass is 31.2. The molecule has 6 unspecified atom stereocenters. The van der Waals surface area contributed by atoms with Crippen LogP contribution in [0.5, 0.6) is 5.75 Å². The van der Waals surface area contributed by atoms with Gasteiger partial charge in [-0.3, -0.25) is 18.9 Å². The molecular formula is C25H31F3N3O9P. The summed E-state index contributed by atoms with van der Waals surface area (Å²) >= 11 is 0. The molecule has 16 heteroatoms. The number of ether oxygens (including phenoxy) is 2. The second kappa shape index (κ2) is 13.3. The van der Waals surface area contributed by atoms with Crippen LogP contribution >= 0.6 is 7.75 Å². The molecule has 1 fully saturated rings. The van der Waals surface area contributed by atoms with Gasteiger partial charge in [-0.2, -0.15) is 13.2 Å². The molecule has 2 aromatic rings. The molecule has 0 bridgehead atoms. The predicted octanol–water partition coefficient (Wildman–Crippen LogP) is 2.09. The number of nitrogens with one attached hydrogen (secondary N) is 2. The van der Waals surface area contributed by atoms with E-state index in [1.807, 2.05) is 4.98 Å². The summed E-state index contributed by atoms with van der Waals surface area (Å²) in [5, 5.41) is 24.9. The van der Waals surface area contributed by atoms with E-state index in [2.05, 4.69) is 5.09 Å². The number of halogens is 3. The maximum atomic E-state index is 13.8. The molecule has 0 saturated carbocycles. The molecule has 0 spiro atoms. The molecule has 2 heterocycles. The number of rotatable bonds is 12. The van der Waals surface area contributed by atoms with Gasteiger partial charge in [0.15, 0.2) is 6.23 Å². The minimum Gasteiger partial charge on any atom is -0.413 e. The van der Waals surface area contributed by atoms with Crippen molar-refractivity contribution in [2.24, 2.45) is 0 Å². The third-order valence-electron chi connectivity index (χ3n) is 5.79. The number of aliphatic hydroxyl groups is 2. The number of para-hydroxylation sites is 1. The van der Waals surface area contributed by atoms with Crippen LogP contribution in [0.3, 0.4) is 0 Å². The summed E-state index contributed by atoms with van der Waals surface area (Å²) in [6.07, 6.45) is -10.4. The largest absolute Gasteiger partial charge is 0.459 e. The normalized spacial score (nSPS) is 24.9. The Bertz CT molecular complexity index is 1390. The quantitative estimate of drug-likeness (QED) is 0.208. The molecule has 4 N–H and O–H groups in total. The van der Waals surface area contributed by atoms with Gasteiger partial charge in [0.2, 0.25) is 0 Å². The lowest BCUT2D eigenvalue weighted by atomic mass is 9.89. The fourth-order valence-electron chi connectivity index (χ4n) is 3.85. The van der Waals surface area contributed by atoms with E-state index in [0.29, 0.717) is 0 Å². The summed E-state index contributed by atoms with van der Waals surface area (Å²) in [7, 11) is -4.28. The first-order chi connectivity index (χ1) is 19.1. The van der Waals surface area contributed by atoms with Gasteiger partial charge in [-0.05, 0) is 32.9 Å². The van der Waals surface area contributed by atoms with Crippen LogP contribution in [-0.4, -0.2) is 69.1 Å². The van der Waals surface area contributed by atoms with E-state index in [1.165, 1.54) is 12.1 Å². The Morgan fingerprint density at radius 2 is 1.90 bits per heavy atom. The Kier molecular flexibility index (Phi) is 10.6. The molecule has 6 atom stereocenters. The first kappa shape index (κ1) is 32.6. The second-order valence-electron chi connectivity index (χ2n) is 9.55. The zero-order valence-electron chi connectivity index (χ0n) is 22.3. The maximum absolute atomic E-state index is 13.8. The summed E-state index contributed by atoms with van der Waals surface area (Å²) in [4.78, 5) is 25.8. The molecule has 12 nitrogen and oxygen atoms in total. The van der Waals surface area contributed by atoms with Gasteiger partial charge in [0.1, 0.15) is 23.6 Å². The van der Waals surface area contributed by atoms with Crippen molar-refractivity contribution in [1.29, 1.82) is 0 Å². The summed E-state index contributed by atoms with van der Waals surface area (Å²) < 4.78 is 75.0. The van der Waals surface area contributed by atoms with Crippen molar-refractivity contribution in [2.75, 3.05) is 13.2 Å². The highest BCUT2D eigenvalue weighted by molar-refractivity contribution is 7.52. The van der Waals surface area contributed by atoms with Crippen LogP contribution in [0, 0.1) is 11.8 Å². The van der Waals surface area contributed by atoms with Crippen LogP contribution in [0.25, 0.3) is 0 Å². The molecule has 1 aromatic carbocycles. The number of benzene rings is 1. The number of nitrogens with zero attached hydrogens (tertiary/aromatic N) is 1. The SMILES string of the molecule is CC(COC(C)C)NP(=O)(OCC1OC(n2ccc(=O)[nH]c2=O)C(O)C1(O)CC#CC(F)(F)F)Oc1ccccc1. The van der Waals surface area contributed by atoms with Gasteiger partial charge in [-0.1, -0.05) is 24.1 Å². The lowest BCUT2D eigenvalue weighted by Crippen LogP contribution is -2.49. The third-order valence-corrected chi connectivity index (χ3v) is 7.49. The van der Waals surface area contributed by atoms with E-state index in [4.69, 9.17) is 18.5 Å². The molecule has 0 amide bonds. The lowest BCUT2D eigenvalue weighted by molar-refractivity contribution is -0.0875. The van der Waals surface area contributed by atoms with Crippen molar-refractivity contribution in [2.45, 2.75) is 69.6 Å². The van der Waals surface area contributed by atoms with Crippen LogP contribution in [-0.2, 0) is 18.6 Å². The monoisotopic (exact) mass is 605 g/mol. The van der Waals surface area contributed by atoms with Crippen LogP contribution in [0.4, 0.5) is 13.2 Å².